The molecule has 0 radical (unpaired) electrons. The Hall–Kier alpha value is -0.160. The third kappa shape index (κ3) is 3.30. The van der Waals surface area contributed by atoms with Gasteiger partial charge < -0.3 is 9.64 Å². The highest BCUT2D eigenvalue weighted by Crippen LogP contribution is 2.20. The Balaban J connectivity index is 1.45. The van der Waals surface area contributed by atoms with E-state index in [4.69, 9.17) is 4.74 Å². The highest BCUT2D eigenvalue weighted by molar-refractivity contribution is 4.86. The summed E-state index contributed by atoms with van der Waals surface area (Å²) in [5.74, 6) is 0. The van der Waals surface area contributed by atoms with E-state index in [0.29, 0.717) is 0 Å². The van der Waals surface area contributed by atoms with Crippen LogP contribution in [0.15, 0.2) is 0 Å². The molecule has 1 unspecified atom stereocenters. The second-order valence-corrected chi connectivity index (χ2v) is 6.28. The maximum atomic E-state index is 5.31. The van der Waals surface area contributed by atoms with Gasteiger partial charge in [0.2, 0.25) is 0 Å². The molecule has 0 aromatic carbocycles. The van der Waals surface area contributed by atoms with Crippen molar-refractivity contribution in [3.63, 3.8) is 0 Å². The van der Waals surface area contributed by atoms with Crippen LogP contribution in [-0.4, -0.2) is 85.8 Å². The molecule has 0 amide bonds. The second-order valence-electron chi connectivity index (χ2n) is 6.28. The standard InChI is InChI=1S/C15H29N3O/c1-2-16-6-3-4-14(5-7-16)17-8-10-18(11-9-17)15-12-19-13-15/h14-15H,2-13H2,1H3. The van der Waals surface area contributed by atoms with Gasteiger partial charge in [0, 0.05) is 32.2 Å². The third-order valence-corrected chi connectivity index (χ3v) is 5.24. The van der Waals surface area contributed by atoms with Crippen LogP contribution in [0.2, 0.25) is 0 Å². The molecule has 0 aromatic rings. The summed E-state index contributed by atoms with van der Waals surface area (Å²) in [7, 11) is 0. The summed E-state index contributed by atoms with van der Waals surface area (Å²) < 4.78 is 5.31. The van der Waals surface area contributed by atoms with E-state index in [-0.39, 0.29) is 0 Å². The van der Waals surface area contributed by atoms with Gasteiger partial charge in [-0.05, 0) is 38.9 Å². The van der Waals surface area contributed by atoms with Gasteiger partial charge in [-0.25, -0.2) is 0 Å². The highest BCUT2D eigenvalue weighted by atomic mass is 16.5. The zero-order valence-corrected chi connectivity index (χ0v) is 12.4. The highest BCUT2D eigenvalue weighted by Gasteiger charge is 2.31. The summed E-state index contributed by atoms with van der Waals surface area (Å²) in [4.78, 5) is 8.01. The van der Waals surface area contributed by atoms with Crippen molar-refractivity contribution in [3.05, 3.63) is 0 Å². The number of piperazine rings is 1. The summed E-state index contributed by atoms with van der Waals surface area (Å²) in [5, 5.41) is 0. The molecule has 3 fully saturated rings. The molecular weight excluding hydrogens is 238 g/mol. The largest absolute Gasteiger partial charge is 0.378 e. The number of hydrogen-bond acceptors (Lipinski definition) is 4. The minimum absolute atomic E-state index is 0.729. The number of rotatable bonds is 3. The van der Waals surface area contributed by atoms with Crippen LogP contribution in [0.4, 0.5) is 0 Å². The first-order valence-electron chi connectivity index (χ1n) is 8.15. The molecule has 4 heteroatoms. The van der Waals surface area contributed by atoms with Crippen LogP contribution >= 0.6 is 0 Å². The van der Waals surface area contributed by atoms with Gasteiger partial charge in [-0.3, -0.25) is 9.80 Å². The van der Waals surface area contributed by atoms with E-state index in [2.05, 4.69) is 21.6 Å². The molecule has 3 heterocycles. The molecule has 110 valence electrons. The predicted molar refractivity (Wildman–Crippen MR) is 77.5 cm³/mol. The number of ether oxygens (including phenoxy) is 1. The van der Waals surface area contributed by atoms with E-state index in [9.17, 15) is 0 Å². The summed E-state index contributed by atoms with van der Waals surface area (Å²) in [6.07, 6.45) is 4.17. The molecule has 19 heavy (non-hydrogen) atoms. The molecule has 0 N–H and O–H groups in total. The van der Waals surface area contributed by atoms with Gasteiger partial charge in [0.25, 0.3) is 0 Å². The topological polar surface area (TPSA) is 19.0 Å². The zero-order chi connectivity index (χ0) is 13.1. The average Bonchev–Trinajstić information content (AvgIpc) is 2.63. The van der Waals surface area contributed by atoms with Crippen LogP contribution in [0.1, 0.15) is 26.2 Å². The molecule has 0 aliphatic carbocycles. The number of likely N-dealkylation sites (tertiary alicyclic amines) is 1. The summed E-state index contributed by atoms with van der Waals surface area (Å²) in [5.41, 5.74) is 0. The Morgan fingerprint density at radius 2 is 1.53 bits per heavy atom. The molecule has 1 atom stereocenters. The van der Waals surface area contributed by atoms with Gasteiger partial charge in [0.05, 0.1) is 19.3 Å². The molecule has 3 aliphatic heterocycles. The molecule has 3 aliphatic rings. The van der Waals surface area contributed by atoms with E-state index in [1.807, 2.05) is 0 Å². The minimum atomic E-state index is 0.729. The first kappa shape index (κ1) is 13.8. The lowest BCUT2D eigenvalue weighted by molar-refractivity contribution is -0.0800. The van der Waals surface area contributed by atoms with Gasteiger partial charge in [0.1, 0.15) is 0 Å². The van der Waals surface area contributed by atoms with Crippen molar-refractivity contribution in [2.24, 2.45) is 0 Å². The Labute approximate surface area is 117 Å². The molecule has 4 nitrogen and oxygen atoms in total. The molecule has 0 spiro atoms. The van der Waals surface area contributed by atoms with Gasteiger partial charge in [-0.1, -0.05) is 6.92 Å². The molecule has 0 bridgehead atoms. The summed E-state index contributed by atoms with van der Waals surface area (Å²) >= 11 is 0. The van der Waals surface area contributed by atoms with Crippen molar-refractivity contribution in [3.8, 4) is 0 Å². The smallest absolute Gasteiger partial charge is 0.0645 e. The maximum absolute atomic E-state index is 5.31. The Morgan fingerprint density at radius 1 is 0.842 bits per heavy atom. The van der Waals surface area contributed by atoms with Crippen LogP contribution < -0.4 is 0 Å². The summed E-state index contributed by atoms with van der Waals surface area (Å²) in [6, 6.07) is 1.57. The molecular formula is C15H29N3O. The van der Waals surface area contributed by atoms with Crippen molar-refractivity contribution in [1.82, 2.24) is 14.7 Å². The summed E-state index contributed by atoms with van der Waals surface area (Å²) in [6.45, 7) is 13.1. The first-order valence-corrected chi connectivity index (χ1v) is 8.15. The monoisotopic (exact) mass is 267 g/mol. The Kier molecular flexibility index (Phi) is 4.74. The van der Waals surface area contributed by atoms with Crippen LogP contribution in [0.5, 0.6) is 0 Å². The quantitative estimate of drug-likeness (QED) is 0.755. The van der Waals surface area contributed by atoms with Crippen LogP contribution in [0.25, 0.3) is 0 Å². The van der Waals surface area contributed by atoms with E-state index in [1.54, 1.807) is 0 Å². The predicted octanol–water partition coefficient (Wildman–Crippen LogP) is 0.877. The molecule has 0 aromatic heterocycles. The Morgan fingerprint density at radius 3 is 2.11 bits per heavy atom. The molecule has 0 saturated carbocycles. The van der Waals surface area contributed by atoms with Crippen molar-refractivity contribution in [1.29, 1.82) is 0 Å². The number of hydrogen-bond donors (Lipinski definition) is 0. The van der Waals surface area contributed by atoms with Gasteiger partial charge >= 0.3 is 0 Å². The third-order valence-electron chi connectivity index (χ3n) is 5.24. The van der Waals surface area contributed by atoms with E-state index in [0.717, 1.165) is 25.3 Å². The SMILES string of the molecule is CCN1CCCC(N2CCN(C3COC3)CC2)CC1. The average molecular weight is 267 g/mol. The fourth-order valence-electron chi connectivity index (χ4n) is 3.72. The van der Waals surface area contributed by atoms with Gasteiger partial charge in [0.15, 0.2) is 0 Å². The van der Waals surface area contributed by atoms with Crippen molar-refractivity contribution >= 4 is 0 Å². The lowest BCUT2D eigenvalue weighted by Crippen LogP contribution is -2.58. The molecule has 3 rings (SSSR count). The molecule has 3 saturated heterocycles. The van der Waals surface area contributed by atoms with Crippen molar-refractivity contribution in [2.45, 2.75) is 38.3 Å². The van der Waals surface area contributed by atoms with E-state index >= 15 is 0 Å². The van der Waals surface area contributed by atoms with Gasteiger partial charge in [-0.15, -0.1) is 0 Å². The second kappa shape index (κ2) is 6.53. The van der Waals surface area contributed by atoms with Crippen LogP contribution in [0.3, 0.4) is 0 Å². The lowest BCUT2D eigenvalue weighted by Gasteiger charge is -2.44. The Bertz CT molecular complexity index is 275. The number of nitrogens with zero attached hydrogens (tertiary/aromatic N) is 3. The first-order chi connectivity index (χ1) is 9.36. The lowest BCUT2D eigenvalue weighted by atomic mass is 10.1. The fourth-order valence-corrected chi connectivity index (χ4v) is 3.72. The van der Waals surface area contributed by atoms with Crippen LogP contribution in [-0.2, 0) is 4.74 Å². The zero-order valence-electron chi connectivity index (χ0n) is 12.4. The van der Waals surface area contributed by atoms with Crippen molar-refractivity contribution in [2.75, 3.05) is 59.0 Å². The van der Waals surface area contributed by atoms with Crippen LogP contribution in [0, 0.1) is 0 Å². The van der Waals surface area contributed by atoms with E-state index < -0.39 is 0 Å². The van der Waals surface area contributed by atoms with Gasteiger partial charge in [-0.2, -0.15) is 0 Å². The fraction of sp³-hybridized carbons (Fsp3) is 1.00. The maximum Gasteiger partial charge on any atom is 0.0645 e. The van der Waals surface area contributed by atoms with E-state index in [1.165, 1.54) is 65.1 Å². The normalized spacial score (nSPS) is 33.0. The minimum Gasteiger partial charge on any atom is -0.378 e. The van der Waals surface area contributed by atoms with Crippen molar-refractivity contribution < 1.29 is 4.74 Å².